The molecule has 0 bridgehead atoms. The molecule has 84 valence electrons. The van der Waals surface area contributed by atoms with Crippen molar-refractivity contribution in [2.75, 3.05) is 5.32 Å². The number of anilines is 1. The highest BCUT2D eigenvalue weighted by molar-refractivity contribution is 5.56. The summed E-state index contributed by atoms with van der Waals surface area (Å²) in [5.74, 6) is 0. The van der Waals surface area contributed by atoms with Crippen molar-refractivity contribution in [3.8, 4) is 0 Å². The van der Waals surface area contributed by atoms with Crippen LogP contribution in [0.25, 0.3) is 0 Å². The summed E-state index contributed by atoms with van der Waals surface area (Å²) in [6, 6.07) is 9.12. The summed E-state index contributed by atoms with van der Waals surface area (Å²) in [7, 11) is 0. The fourth-order valence-electron chi connectivity index (χ4n) is 1.49. The van der Waals surface area contributed by atoms with Gasteiger partial charge in [0.1, 0.15) is 0 Å². The molecule has 15 heavy (non-hydrogen) atoms. The molecule has 0 saturated heterocycles. The van der Waals surface area contributed by atoms with Gasteiger partial charge in [0.2, 0.25) is 0 Å². The van der Waals surface area contributed by atoms with E-state index in [1.165, 1.54) is 24.1 Å². The van der Waals surface area contributed by atoms with E-state index in [2.05, 4.69) is 63.5 Å². The molecule has 0 spiro atoms. The molecule has 0 aromatic heterocycles. The largest absolute Gasteiger partial charge is 0.382 e. The van der Waals surface area contributed by atoms with Crippen LogP contribution in [-0.2, 0) is 6.42 Å². The number of fused-ring (bicyclic) bond motifs is 1. The summed E-state index contributed by atoms with van der Waals surface area (Å²) in [4.78, 5) is 0. The standard InChI is InChI=1S/C9H11N.C3H8.C2H4/c1-7-6-8-4-2-3-5-9(8)10-7;1-3-2;1-2/h2-5,7,10H,6H2,1H3;3H2,1-2H3;1-2H2. The fraction of sp³-hybridized carbons (Fsp3) is 0.429. The molecule has 1 aromatic rings. The van der Waals surface area contributed by atoms with Gasteiger partial charge < -0.3 is 5.32 Å². The molecule has 0 fully saturated rings. The lowest BCUT2D eigenvalue weighted by Gasteiger charge is -2.00. The summed E-state index contributed by atoms with van der Waals surface area (Å²) in [5, 5.41) is 3.40. The highest BCUT2D eigenvalue weighted by Crippen LogP contribution is 2.24. The minimum atomic E-state index is 0.623. The molecule has 0 amide bonds. The Hall–Kier alpha value is -1.24. The summed E-state index contributed by atoms with van der Waals surface area (Å²) in [6.45, 7) is 12.5. The van der Waals surface area contributed by atoms with Crippen molar-refractivity contribution in [2.24, 2.45) is 0 Å². The van der Waals surface area contributed by atoms with Gasteiger partial charge in [0.05, 0.1) is 0 Å². The van der Waals surface area contributed by atoms with Gasteiger partial charge in [-0.3, -0.25) is 0 Å². The molecule has 1 aliphatic heterocycles. The van der Waals surface area contributed by atoms with E-state index in [0.717, 1.165) is 0 Å². The predicted molar refractivity (Wildman–Crippen MR) is 70.4 cm³/mol. The molecular weight excluding hydrogens is 182 g/mol. The topological polar surface area (TPSA) is 12.0 Å². The van der Waals surface area contributed by atoms with Crippen molar-refractivity contribution < 1.29 is 0 Å². The maximum Gasteiger partial charge on any atom is 0.0375 e. The fourth-order valence-corrected chi connectivity index (χ4v) is 1.49. The lowest BCUT2D eigenvalue weighted by molar-refractivity contribution is 0.839. The van der Waals surface area contributed by atoms with E-state index in [4.69, 9.17) is 0 Å². The van der Waals surface area contributed by atoms with Gasteiger partial charge in [-0.2, -0.15) is 0 Å². The summed E-state index contributed by atoms with van der Waals surface area (Å²) < 4.78 is 0. The van der Waals surface area contributed by atoms with Crippen LogP contribution in [0.2, 0.25) is 0 Å². The average molecular weight is 205 g/mol. The van der Waals surface area contributed by atoms with E-state index in [9.17, 15) is 0 Å². The van der Waals surface area contributed by atoms with Crippen LogP contribution in [-0.4, -0.2) is 6.04 Å². The lowest BCUT2D eigenvalue weighted by atomic mass is 10.1. The second kappa shape index (κ2) is 8.10. The van der Waals surface area contributed by atoms with Crippen LogP contribution in [0, 0.1) is 0 Å². The Morgan fingerprint density at radius 1 is 1.27 bits per heavy atom. The highest BCUT2D eigenvalue weighted by atomic mass is 14.9. The van der Waals surface area contributed by atoms with Crippen molar-refractivity contribution in [3.05, 3.63) is 43.0 Å². The molecule has 1 heterocycles. The van der Waals surface area contributed by atoms with Gasteiger partial charge in [-0.05, 0) is 25.0 Å². The van der Waals surface area contributed by atoms with Crippen molar-refractivity contribution in [1.29, 1.82) is 0 Å². The summed E-state index contributed by atoms with van der Waals surface area (Å²) in [6.07, 6.45) is 2.43. The van der Waals surface area contributed by atoms with Crippen molar-refractivity contribution >= 4 is 5.69 Å². The summed E-state index contributed by atoms with van der Waals surface area (Å²) in [5.41, 5.74) is 2.77. The Bertz CT molecular complexity index is 243. The molecule has 0 radical (unpaired) electrons. The number of nitrogens with one attached hydrogen (secondary N) is 1. The van der Waals surface area contributed by atoms with Crippen LogP contribution in [0.3, 0.4) is 0 Å². The van der Waals surface area contributed by atoms with Gasteiger partial charge in [-0.25, -0.2) is 0 Å². The molecule has 1 atom stereocenters. The van der Waals surface area contributed by atoms with Gasteiger partial charge >= 0.3 is 0 Å². The van der Waals surface area contributed by atoms with Gasteiger partial charge in [-0.1, -0.05) is 38.5 Å². The zero-order valence-electron chi connectivity index (χ0n) is 10.2. The monoisotopic (exact) mass is 205 g/mol. The van der Waals surface area contributed by atoms with Crippen LogP contribution < -0.4 is 5.32 Å². The lowest BCUT2D eigenvalue weighted by Crippen LogP contribution is -2.08. The first-order valence-corrected chi connectivity index (χ1v) is 5.62. The number of hydrogen-bond acceptors (Lipinski definition) is 1. The Labute approximate surface area is 94.2 Å². The van der Waals surface area contributed by atoms with E-state index in [-0.39, 0.29) is 0 Å². The predicted octanol–water partition coefficient (Wildman–Crippen LogP) is 4.26. The molecular formula is C14H23N. The SMILES string of the molecule is C=C.CC1Cc2ccccc2N1.CCC. The molecule has 0 saturated carbocycles. The Balaban J connectivity index is 0.000000342. The molecule has 1 N–H and O–H groups in total. The van der Waals surface area contributed by atoms with Crippen LogP contribution in [0.15, 0.2) is 37.4 Å². The van der Waals surface area contributed by atoms with Gasteiger partial charge in [-0.15, -0.1) is 13.2 Å². The average Bonchev–Trinajstić information content (AvgIpc) is 2.62. The van der Waals surface area contributed by atoms with Crippen molar-refractivity contribution in [2.45, 2.75) is 39.7 Å². The first-order valence-electron chi connectivity index (χ1n) is 5.62. The first kappa shape index (κ1) is 13.8. The zero-order valence-corrected chi connectivity index (χ0v) is 10.2. The van der Waals surface area contributed by atoms with Crippen LogP contribution in [0.1, 0.15) is 32.8 Å². The summed E-state index contributed by atoms with van der Waals surface area (Å²) >= 11 is 0. The minimum absolute atomic E-state index is 0.623. The van der Waals surface area contributed by atoms with Crippen LogP contribution in [0.4, 0.5) is 5.69 Å². The van der Waals surface area contributed by atoms with Gasteiger partial charge in [0.25, 0.3) is 0 Å². The van der Waals surface area contributed by atoms with E-state index < -0.39 is 0 Å². The van der Waals surface area contributed by atoms with E-state index in [1.807, 2.05) is 0 Å². The zero-order chi connectivity index (χ0) is 11.7. The molecule has 1 aromatic carbocycles. The number of benzene rings is 1. The third kappa shape index (κ3) is 4.68. The quantitative estimate of drug-likeness (QED) is 0.624. The smallest absolute Gasteiger partial charge is 0.0375 e. The Morgan fingerprint density at radius 2 is 1.80 bits per heavy atom. The second-order valence-corrected chi connectivity index (χ2v) is 3.61. The van der Waals surface area contributed by atoms with Crippen LogP contribution in [0.5, 0.6) is 0 Å². The second-order valence-electron chi connectivity index (χ2n) is 3.61. The van der Waals surface area contributed by atoms with E-state index in [0.29, 0.717) is 6.04 Å². The molecule has 0 aliphatic carbocycles. The van der Waals surface area contributed by atoms with Crippen molar-refractivity contribution in [1.82, 2.24) is 0 Å². The van der Waals surface area contributed by atoms with Crippen LogP contribution >= 0.6 is 0 Å². The normalized spacial score (nSPS) is 16.1. The molecule has 1 aliphatic rings. The third-order valence-corrected chi connectivity index (χ3v) is 1.95. The van der Waals surface area contributed by atoms with Gasteiger partial charge in [0.15, 0.2) is 0 Å². The molecule has 2 rings (SSSR count). The van der Waals surface area contributed by atoms with E-state index >= 15 is 0 Å². The van der Waals surface area contributed by atoms with E-state index in [1.54, 1.807) is 0 Å². The first-order chi connectivity index (χ1) is 7.27. The van der Waals surface area contributed by atoms with Gasteiger partial charge in [0, 0.05) is 11.7 Å². The number of rotatable bonds is 0. The maximum absolute atomic E-state index is 3.40. The Kier molecular flexibility index (Phi) is 7.43. The minimum Gasteiger partial charge on any atom is -0.382 e. The maximum atomic E-state index is 3.40. The molecule has 1 unspecified atom stereocenters. The molecule has 1 heteroatoms. The third-order valence-electron chi connectivity index (χ3n) is 1.95. The Morgan fingerprint density at radius 3 is 2.33 bits per heavy atom. The number of para-hydroxylation sites is 1. The highest BCUT2D eigenvalue weighted by Gasteiger charge is 2.14. The molecule has 1 nitrogen and oxygen atoms in total. The van der Waals surface area contributed by atoms with Crippen molar-refractivity contribution in [3.63, 3.8) is 0 Å². The number of hydrogen-bond donors (Lipinski definition) is 1.